The summed E-state index contributed by atoms with van der Waals surface area (Å²) in [6.07, 6.45) is 0. The molecule has 0 spiro atoms. The van der Waals surface area contributed by atoms with Gasteiger partial charge in [-0.2, -0.15) is 4.98 Å². The molecule has 0 saturated heterocycles. The van der Waals surface area contributed by atoms with E-state index in [4.69, 9.17) is 8.94 Å². The number of hydrogen-bond acceptors (Lipinski definition) is 8. The van der Waals surface area contributed by atoms with Crippen LogP contribution in [0, 0.1) is 0 Å². The van der Waals surface area contributed by atoms with E-state index in [1.165, 1.54) is 11.8 Å². The Labute approximate surface area is 153 Å². The van der Waals surface area contributed by atoms with Crippen molar-refractivity contribution in [1.29, 1.82) is 0 Å². The van der Waals surface area contributed by atoms with Crippen LogP contribution in [0.2, 0.25) is 0 Å². The molecule has 0 N–H and O–H groups in total. The van der Waals surface area contributed by atoms with Gasteiger partial charge >= 0.3 is 0 Å². The molecule has 4 rings (SSSR count). The summed E-state index contributed by atoms with van der Waals surface area (Å²) in [5.41, 5.74) is 0.858. The second-order valence-electron chi connectivity index (χ2n) is 4.63. The molecule has 0 bridgehead atoms. The quantitative estimate of drug-likeness (QED) is 0.424. The predicted molar refractivity (Wildman–Crippen MR) is 94.6 cm³/mol. The third-order valence-corrected chi connectivity index (χ3v) is 5.40. The molecule has 0 unspecified atom stereocenters. The number of hydrogen-bond donors (Lipinski definition) is 0. The van der Waals surface area contributed by atoms with E-state index in [1.54, 1.807) is 11.3 Å². The van der Waals surface area contributed by atoms with Gasteiger partial charge < -0.3 is 8.94 Å². The van der Waals surface area contributed by atoms with E-state index >= 15 is 0 Å². The van der Waals surface area contributed by atoms with Crippen LogP contribution in [0.1, 0.15) is 5.82 Å². The number of thioether (sulfide) groups is 1. The molecule has 0 aliphatic rings. The fraction of sp³-hybridized carbons (Fsp3) is 0.0667. The minimum atomic E-state index is 0.461. The SMILES string of the molecule is Brc1ccccc1-c1nnc(SCc2noc(-c3cccs3)n2)o1. The number of benzene rings is 1. The van der Waals surface area contributed by atoms with Gasteiger partial charge in [-0.15, -0.1) is 21.5 Å². The molecule has 4 aromatic rings. The molecule has 6 nitrogen and oxygen atoms in total. The Morgan fingerprint density at radius 3 is 2.83 bits per heavy atom. The van der Waals surface area contributed by atoms with Gasteiger partial charge in [0.15, 0.2) is 5.82 Å². The Morgan fingerprint density at radius 2 is 2.00 bits per heavy atom. The lowest BCUT2D eigenvalue weighted by Crippen LogP contribution is -1.83. The van der Waals surface area contributed by atoms with Gasteiger partial charge in [0.25, 0.3) is 11.1 Å². The average molecular weight is 421 g/mol. The number of rotatable bonds is 5. The van der Waals surface area contributed by atoms with Crippen LogP contribution in [-0.4, -0.2) is 20.3 Å². The summed E-state index contributed by atoms with van der Waals surface area (Å²) in [4.78, 5) is 5.31. The van der Waals surface area contributed by atoms with Crippen molar-refractivity contribution >= 4 is 39.0 Å². The highest BCUT2D eigenvalue weighted by Gasteiger charge is 2.14. The molecule has 3 heterocycles. The van der Waals surface area contributed by atoms with Crippen molar-refractivity contribution in [1.82, 2.24) is 20.3 Å². The summed E-state index contributed by atoms with van der Waals surface area (Å²) in [7, 11) is 0. The van der Waals surface area contributed by atoms with Crippen LogP contribution in [0.25, 0.3) is 22.2 Å². The summed E-state index contributed by atoms with van der Waals surface area (Å²) in [6.45, 7) is 0. The van der Waals surface area contributed by atoms with E-state index in [9.17, 15) is 0 Å². The number of halogens is 1. The Kier molecular flexibility index (Phi) is 4.46. The van der Waals surface area contributed by atoms with Gasteiger partial charge in [0, 0.05) is 4.47 Å². The zero-order valence-corrected chi connectivity index (χ0v) is 15.3. The summed E-state index contributed by atoms with van der Waals surface area (Å²) >= 11 is 6.40. The largest absolute Gasteiger partial charge is 0.411 e. The number of thiophene rings is 1. The van der Waals surface area contributed by atoms with Crippen LogP contribution in [0.5, 0.6) is 0 Å². The predicted octanol–water partition coefficient (Wildman–Crippen LogP) is 4.90. The molecule has 0 radical (unpaired) electrons. The highest BCUT2D eigenvalue weighted by Crippen LogP contribution is 2.30. The lowest BCUT2D eigenvalue weighted by Gasteiger charge is -1.96. The smallest absolute Gasteiger partial charge is 0.277 e. The molecular weight excluding hydrogens is 412 g/mol. The minimum Gasteiger partial charge on any atom is -0.411 e. The first-order valence-corrected chi connectivity index (χ1v) is 9.53. The van der Waals surface area contributed by atoms with Gasteiger partial charge in [-0.05, 0) is 39.5 Å². The molecule has 0 fully saturated rings. The van der Waals surface area contributed by atoms with Crippen LogP contribution in [-0.2, 0) is 5.75 Å². The molecule has 0 amide bonds. The summed E-state index contributed by atoms with van der Waals surface area (Å²) in [5, 5.41) is 14.5. The fourth-order valence-electron chi connectivity index (χ4n) is 1.95. The molecule has 24 heavy (non-hydrogen) atoms. The molecule has 9 heteroatoms. The lowest BCUT2D eigenvalue weighted by molar-refractivity contribution is 0.425. The van der Waals surface area contributed by atoms with Crippen molar-refractivity contribution in [2.45, 2.75) is 11.0 Å². The third-order valence-electron chi connectivity index (χ3n) is 3.04. The molecule has 120 valence electrons. The highest BCUT2D eigenvalue weighted by atomic mass is 79.9. The Morgan fingerprint density at radius 1 is 1.08 bits per heavy atom. The first kappa shape index (κ1) is 15.6. The fourth-order valence-corrected chi connectivity index (χ4v) is 3.66. The van der Waals surface area contributed by atoms with Crippen molar-refractivity contribution < 1.29 is 8.94 Å². The number of aromatic nitrogens is 4. The van der Waals surface area contributed by atoms with E-state index in [2.05, 4.69) is 36.3 Å². The van der Waals surface area contributed by atoms with E-state index in [0.29, 0.717) is 28.6 Å². The van der Waals surface area contributed by atoms with Crippen molar-refractivity contribution in [3.05, 3.63) is 52.1 Å². The Bertz CT molecular complexity index is 952. The van der Waals surface area contributed by atoms with Crippen LogP contribution in [0.4, 0.5) is 0 Å². The molecule has 1 aromatic carbocycles. The topological polar surface area (TPSA) is 77.8 Å². The third kappa shape index (κ3) is 3.28. The second kappa shape index (κ2) is 6.88. The zero-order valence-electron chi connectivity index (χ0n) is 12.0. The maximum atomic E-state index is 5.68. The first-order chi connectivity index (χ1) is 11.8. The van der Waals surface area contributed by atoms with Crippen LogP contribution in [0.3, 0.4) is 0 Å². The van der Waals surface area contributed by atoms with Crippen LogP contribution in [0.15, 0.2) is 60.4 Å². The Hall–Kier alpha value is -1.97. The van der Waals surface area contributed by atoms with E-state index in [-0.39, 0.29) is 0 Å². The Balaban J connectivity index is 1.45. The van der Waals surface area contributed by atoms with Gasteiger partial charge in [-0.1, -0.05) is 35.1 Å². The van der Waals surface area contributed by atoms with Gasteiger partial charge in [0.05, 0.1) is 16.2 Å². The summed E-state index contributed by atoms with van der Waals surface area (Å²) in [5.74, 6) is 2.08. The molecule has 0 saturated carbocycles. The number of nitrogens with zero attached hydrogens (tertiary/aromatic N) is 4. The normalized spacial score (nSPS) is 11.0. The van der Waals surface area contributed by atoms with Crippen LogP contribution < -0.4 is 0 Å². The van der Waals surface area contributed by atoms with Crippen molar-refractivity contribution in [2.75, 3.05) is 0 Å². The maximum Gasteiger partial charge on any atom is 0.277 e. The second-order valence-corrected chi connectivity index (χ2v) is 7.36. The van der Waals surface area contributed by atoms with Gasteiger partial charge in [-0.25, -0.2) is 0 Å². The van der Waals surface area contributed by atoms with Gasteiger partial charge in [0.1, 0.15) is 0 Å². The maximum absolute atomic E-state index is 5.68. The molecule has 3 aromatic heterocycles. The highest BCUT2D eigenvalue weighted by molar-refractivity contribution is 9.10. The molecule has 0 aliphatic carbocycles. The standard InChI is InChI=1S/C15H9BrN4O2S2/c16-10-5-2-1-4-9(10)13-18-19-15(21-13)24-8-12-17-14(22-20-12)11-6-3-7-23-11/h1-7H,8H2. The molecule has 0 aliphatic heterocycles. The van der Waals surface area contributed by atoms with Crippen molar-refractivity contribution in [2.24, 2.45) is 0 Å². The van der Waals surface area contributed by atoms with Crippen LogP contribution >= 0.6 is 39.0 Å². The van der Waals surface area contributed by atoms with Gasteiger partial charge in [-0.3, -0.25) is 0 Å². The minimum absolute atomic E-state index is 0.461. The van der Waals surface area contributed by atoms with E-state index in [0.717, 1.165) is 14.9 Å². The lowest BCUT2D eigenvalue weighted by atomic mass is 10.2. The zero-order chi connectivity index (χ0) is 16.4. The summed E-state index contributed by atoms with van der Waals surface area (Å²) < 4.78 is 11.8. The average Bonchev–Trinajstić information content (AvgIpc) is 3.34. The molecule has 0 atom stereocenters. The van der Waals surface area contributed by atoms with Crippen molar-refractivity contribution in [3.63, 3.8) is 0 Å². The van der Waals surface area contributed by atoms with Crippen molar-refractivity contribution in [3.8, 4) is 22.2 Å². The summed E-state index contributed by atoms with van der Waals surface area (Å²) in [6, 6.07) is 11.6. The van der Waals surface area contributed by atoms with E-state index < -0.39 is 0 Å². The van der Waals surface area contributed by atoms with Gasteiger partial charge in [0.2, 0.25) is 5.89 Å². The monoisotopic (exact) mass is 420 g/mol. The molecular formula is C15H9BrN4O2S2. The first-order valence-electron chi connectivity index (χ1n) is 6.87. The van der Waals surface area contributed by atoms with E-state index in [1.807, 2.05) is 41.8 Å².